The van der Waals surface area contributed by atoms with Crippen molar-refractivity contribution in [3.63, 3.8) is 0 Å². The molecular weight excluding hydrogens is 398 g/mol. The van der Waals surface area contributed by atoms with Crippen LogP contribution in [0.2, 0.25) is 0 Å². The Morgan fingerprint density at radius 1 is 0.656 bits per heavy atom. The van der Waals surface area contributed by atoms with E-state index in [4.69, 9.17) is 0 Å². The van der Waals surface area contributed by atoms with Crippen molar-refractivity contribution in [3.8, 4) is 0 Å². The first-order valence-corrected chi connectivity index (χ1v) is 12.0. The first-order valence-electron chi connectivity index (χ1n) is 12.0. The van der Waals surface area contributed by atoms with Gasteiger partial charge in [-0.25, -0.2) is 4.79 Å². The summed E-state index contributed by atoms with van der Waals surface area (Å²) in [5, 5.41) is 3.13. The molecule has 0 spiro atoms. The second-order valence-corrected chi connectivity index (χ2v) is 8.94. The SMILES string of the molecule is O=C(NCCCN1CCN(Cc2ccccc2)CC1)N1CCN(Cc2ccccc2)CC1. The number of carbonyl (C=O) groups is 1. The summed E-state index contributed by atoms with van der Waals surface area (Å²) in [6, 6.07) is 21.4. The van der Waals surface area contributed by atoms with E-state index in [-0.39, 0.29) is 6.03 Å². The van der Waals surface area contributed by atoms with Gasteiger partial charge in [0.25, 0.3) is 0 Å². The molecule has 0 saturated carbocycles. The molecule has 2 amide bonds. The maximum absolute atomic E-state index is 12.5. The van der Waals surface area contributed by atoms with Gasteiger partial charge in [-0.1, -0.05) is 60.7 Å². The highest BCUT2D eigenvalue weighted by atomic mass is 16.2. The van der Waals surface area contributed by atoms with Crippen LogP contribution in [0.15, 0.2) is 60.7 Å². The number of urea groups is 1. The van der Waals surface area contributed by atoms with Crippen LogP contribution in [0.25, 0.3) is 0 Å². The van der Waals surface area contributed by atoms with Crippen molar-refractivity contribution in [2.45, 2.75) is 19.5 Å². The van der Waals surface area contributed by atoms with Crippen molar-refractivity contribution in [1.29, 1.82) is 0 Å². The van der Waals surface area contributed by atoms with Crippen LogP contribution < -0.4 is 5.32 Å². The molecule has 0 aromatic heterocycles. The van der Waals surface area contributed by atoms with Gasteiger partial charge in [-0.2, -0.15) is 0 Å². The van der Waals surface area contributed by atoms with E-state index in [1.165, 1.54) is 11.1 Å². The first-order chi connectivity index (χ1) is 15.8. The third-order valence-electron chi connectivity index (χ3n) is 6.55. The van der Waals surface area contributed by atoms with Gasteiger partial charge in [-0.3, -0.25) is 9.80 Å². The second kappa shape index (κ2) is 12.0. The lowest BCUT2D eigenvalue weighted by molar-refractivity contribution is 0.124. The van der Waals surface area contributed by atoms with Crippen LogP contribution in [0.1, 0.15) is 17.5 Å². The number of hydrogen-bond acceptors (Lipinski definition) is 4. The van der Waals surface area contributed by atoms with Gasteiger partial charge in [0.2, 0.25) is 0 Å². The molecule has 0 aliphatic carbocycles. The highest BCUT2D eigenvalue weighted by Crippen LogP contribution is 2.10. The van der Waals surface area contributed by atoms with Crippen LogP contribution in [0, 0.1) is 0 Å². The lowest BCUT2D eigenvalue weighted by atomic mass is 10.2. The van der Waals surface area contributed by atoms with E-state index in [0.717, 1.165) is 85.0 Å². The molecule has 0 unspecified atom stereocenters. The molecule has 2 fully saturated rings. The molecule has 172 valence electrons. The fourth-order valence-electron chi connectivity index (χ4n) is 4.57. The standard InChI is InChI=1S/C26H37N5O/c32-26(31-20-18-30(19-21-31)23-25-10-5-2-6-11-25)27-12-7-13-28-14-16-29(17-15-28)22-24-8-3-1-4-9-24/h1-6,8-11H,7,12-23H2,(H,27,32). The molecule has 32 heavy (non-hydrogen) atoms. The zero-order chi connectivity index (χ0) is 22.0. The van der Waals surface area contributed by atoms with E-state index >= 15 is 0 Å². The van der Waals surface area contributed by atoms with Crippen LogP contribution >= 0.6 is 0 Å². The third-order valence-corrected chi connectivity index (χ3v) is 6.55. The fraction of sp³-hybridized carbons (Fsp3) is 0.500. The normalized spacial score (nSPS) is 18.6. The summed E-state index contributed by atoms with van der Waals surface area (Å²) in [4.78, 5) is 22.0. The second-order valence-electron chi connectivity index (χ2n) is 8.94. The van der Waals surface area contributed by atoms with Gasteiger partial charge in [0, 0.05) is 72.0 Å². The Morgan fingerprint density at radius 2 is 1.12 bits per heavy atom. The highest BCUT2D eigenvalue weighted by molar-refractivity contribution is 5.74. The number of rotatable bonds is 8. The van der Waals surface area contributed by atoms with Crippen molar-refractivity contribution in [2.24, 2.45) is 0 Å². The molecule has 2 aromatic rings. The van der Waals surface area contributed by atoms with E-state index in [2.05, 4.69) is 80.7 Å². The minimum absolute atomic E-state index is 0.0945. The minimum atomic E-state index is 0.0945. The quantitative estimate of drug-likeness (QED) is 0.648. The van der Waals surface area contributed by atoms with Crippen LogP contribution in [0.3, 0.4) is 0 Å². The summed E-state index contributed by atoms with van der Waals surface area (Å²) in [5.74, 6) is 0. The number of nitrogens with zero attached hydrogens (tertiary/aromatic N) is 4. The zero-order valence-electron chi connectivity index (χ0n) is 19.2. The predicted molar refractivity (Wildman–Crippen MR) is 129 cm³/mol. The number of hydrogen-bond donors (Lipinski definition) is 1. The molecule has 0 radical (unpaired) electrons. The molecule has 2 heterocycles. The molecule has 6 nitrogen and oxygen atoms in total. The van der Waals surface area contributed by atoms with Crippen molar-refractivity contribution in [2.75, 3.05) is 65.4 Å². The van der Waals surface area contributed by atoms with Crippen LogP contribution in [0.5, 0.6) is 0 Å². The van der Waals surface area contributed by atoms with Crippen molar-refractivity contribution in [1.82, 2.24) is 24.9 Å². The lowest BCUT2D eigenvalue weighted by Crippen LogP contribution is -2.51. The Hall–Kier alpha value is -2.41. The van der Waals surface area contributed by atoms with E-state index in [0.29, 0.717) is 0 Å². The number of benzene rings is 2. The van der Waals surface area contributed by atoms with Crippen LogP contribution in [-0.4, -0.2) is 91.1 Å². The van der Waals surface area contributed by atoms with E-state index in [9.17, 15) is 4.79 Å². The summed E-state index contributed by atoms with van der Waals surface area (Å²) < 4.78 is 0. The molecule has 0 bridgehead atoms. The zero-order valence-corrected chi connectivity index (χ0v) is 19.2. The monoisotopic (exact) mass is 435 g/mol. The van der Waals surface area contributed by atoms with Gasteiger partial charge in [-0.05, 0) is 24.1 Å². The predicted octanol–water partition coefficient (Wildman–Crippen LogP) is 2.72. The Morgan fingerprint density at radius 3 is 1.66 bits per heavy atom. The van der Waals surface area contributed by atoms with Gasteiger partial charge < -0.3 is 15.1 Å². The average Bonchev–Trinajstić information content (AvgIpc) is 2.84. The third kappa shape index (κ3) is 7.05. The number of amides is 2. The first kappa shape index (κ1) is 22.8. The van der Waals surface area contributed by atoms with Gasteiger partial charge in [0.05, 0.1) is 0 Å². The van der Waals surface area contributed by atoms with Crippen molar-refractivity contribution < 1.29 is 4.79 Å². The molecule has 6 heteroatoms. The van der Waals surface area contributed by atoms with Crippen molar-refractivity contribution in [3.05, 3.63) is 71.8 Å². The van der Waals surface area contributed by atoms with Gasteiger partial charge in [0.15, 0.2) is 0 Å². The average molecular weight is 436 g/mol. The molecule has 2 saturated heterocycles. The maximum atomic E-state index is 12.5. The smallest absolute Gasteiger partial charge is 0.317 e. The number of nitrogens with one attached hydrogen (secondary N) is 1. The van der Waals surface area contributed by atoms with E-state index in [1.807, 2.05) is 4.90 Å². The molecule has 2 aromatic carbocycles. The molecule has 4 rings (SSSR count). The summed E-state index contributed by atoms with van der Waals surface area (Å²) in [5.41, 5.74) is 2.73. The number of carbonyl (C=O) groups excluding carboxylic acids is 1. The number of piperazine rings is 2. The van der Waals surface area contributed by atoms with Crippen LogP contribution in [0.4, 0.5) is 4.79 Å². The van der Waals surface area contributed by atoms with Gasteiger partial charge in [-0.15, -0.1) is 0 Å². The fourth-order valence-corrected chi connectivity index (χ4v) is 4.57. The minimum Gasteiger partial charge on any atom is -0.338 e. The largest absolute Gasteiger partial charge is 0.338 e. The molecule has 2 aliphatic rings. The maximum Gasteiger partial charge on any atom is 0.317 e. The Balaban J connectivity index is 1.05. The van der Waals surface area contributed by atoms with Gasteiger partial charge in [0.1, 0.15) is 0 Å². The van der Waals surface area contributed by atoms with E-state index < -0.39 is 0 Å². The Kier molecular flexibility index (Phi) is 8.54. The molecule has 0 atom stereocenters. The summed E-state index contributed by atoms with van der Waals surface area (Å²) >= 11 is 0. The van der Waals surface area contributed by atoms with Crippen LogP contribution in [-0.2, 0) is 13.1 Å². The summed E-state index contributed by atoms with van der Waals surface area (Å²) in [6.07, 6.45) is 1.01. The summed E-state index contributed by atoms with van der Waals surface area (Å²) in [7, 11) is 0. The van der Waals surface area contributed by atoms with Crippen molar-refractivity contribution >= 4 is 6.03 Å². The van der Waals surface area contributed by atoms with Gasteiger partial charge >= 0.3 is 6.03 Å². The van der Waals surface area contributed by atoms with E-state index in [1.54, 1.807) is 0 Å². The Bertz CT molecular complexity index is 799. The highest BCUT2D eigenvalue weighted by Gasteiger charge is 2.21. The topological polar surface area (TPSA) is 42.1 Å². The molecule has 2 aliphatic heterocycles. The molecule has 1 N–H and O–H groups in total. The molecular formula is C26H37N5O. The Labute approximate surface area is 192 Å². The lowest BCUT2D eigenvalue weighted by Gasteiger charge is -2.35. The summed E-state index contributed by atoms with van der Waals surface area (Å²) in [6.45, 7) is 11.8.